The van der Waals surface area contributed by atoms with Gasteiger partial charge in [-0.25, -0.2) is 0 Å². The molecule has 0 saturated heterocycles. The van der Waals surface area contributed by atoms with Gasteiger partial charge in [-0.1, -0.05) is 12.1 Å². The molecule has 22 heavy (non-hydrogen) atoms. The van der Waals surface area contributed by atoms with Gasteiger partial charge in [0, 0.05) is 6.20 Å². The lowest BCUT2D eigenvalue weighted by atomic mass is 10.1. The standard InChI is InChI=1S/C15H16N2O3.2ClH/c1-19-15(18)14(16)9-11-4-6-12(7-5-11)20-13-3-2-8-17-10-13;;/h2-8,10,14H,9,16H2,1H3;2*1H/t14-;;/m0../s1. The molecular weight excluding hydrogens is 327 g/mol. The van der Waals surface area contributed by atoms with Crippen molar-refractivity contribution < 1.29 is 14.3 Å². The Morgan fingerprint density at radius 1 is 1.18 bits per heavy atom. The van der Waals surface area contributed by atoms with Gasteiger partial charge in [-0.05, 0) is 36.2 Å². The zero-order valence-corrected chi connectivity index (χ0v) is 13.6. The molecule has 2 rings (SSSR count). The molecule has 1 aromatic carbocycles. The molecular formula is C15H18Cl2N2O3. The van der Waals surface area contributed by atoms with E-state index >= 15 is 0 Å². The molecule has 1 aromatic heterocycles. The maximum absolute atomic E-state index is 11.2. The van der Waals surface area contributed by atoms with Crippen molar-refractivity contribution in [1.82, 2.24) is 4.98 Å². The van der Waals surface area contributed by atoms with Crippen LogP contribution in [0.1, 0.15) is 5.56 Å². The van der Waals surface area contributed by atoms with Crippen LogP contribution in [-0.2, 0) is 16.0 Å². The lowest BCUT2D eigenvalue weighted by Gasteiger charge is -2.10. The van der Waals surface area contributed by atoms with E-state index in [1.54, 1.807) is 18.5 Å². The van der Waals surface area contributed by atoms with E-state index in [1.807, 2.05) is 30.3 Å². The van der Waals surface area contributed by atoms with Gasteiger partial charge >= 0.3 is 5.97 Å². The van der Waals surface area contributed by atoms with Crippen LogP contribution in [0.15, 0.2) is 48.8 Å². The Balaban J connectivity index is 0.00000220. The minimum Gasteiger partial charge on any atom is -0.468 e. The number of methoxy groups -OCH3 is 1. The van der Waals surface area contributed by atoms with Crippen molar-refractivity contribution in [3.05, 3.63) is 54.4 Å². The van der Waals surface area contributed by atoms with E-state index in [0.717, 1.165) is 5.56 Å². The number of hydrogen-bond acceptors (Lipinski definition) is 5. The lowest BCUT2D eigenvalue weighted by Crippen LogP contribution is -2.33. The molecule has 0 radical (unpaired) electrons. The van der Waals surface area contributed by atoms with E-state index in [4.69, 9.17) is 10.5 Å². The molecule has 0 aliphatic heterocycles. The van der Waals surface area contributed by atoms with Crippen LogP contribution >= 0.6 is 24.8 Å². The summed E-state index contributed by atoms with van der Waals surface area (Å²) in [6.45, 7) is 0. The van der Waals surface area contributed by atoms with Gasteiger partial charge in [0.05, 0.1) is 13.3 Å². The fourth-order valence-corrected chi connectivity index (χ4v) is 1.73. The maximum atomic E-state index is 11.2. The summed E-state index contributed by atoms with van der Waals surface area (Å²) < 4.78 is 10.2. The second-order valence-electron chi connectivity index (χ2n) is 4.27. The summed E-state index contributed by atoms with van der Waals surface area (Å²) in [5.41, 5.74) is 6.65. The van der Waals surface area contributed by atoms with E-state index < -0.39 is 12.0 Å². The molecule has 1 atom stereocenters. The zero-order chi connectivity index (χ0) is 14.4. The fourth-order valence-electron chi connectivity index (χ4n) is 1.73. The highest BCUT2D eigenvalue weighted by Gasteiger charge is 2.14. The molecule has 0 fully saturated rings. The summed E-state index contributed by atoms with van der Waals surface area (Å²) in [5.74, 6) is 0.959. The van der Waals surface area contributed by atoms with Crippen LogP contribution in [0, 0.1) is 0 Å². The number of carbonyl (C=O) groups excluding carboxylic acids is 1. The number of aromatic nitrogens is 1. The number of nitrogens with two attached hydrogens (primary N) is 1. The summed E-state index contributed by atoms with van der Waals surface area (Å²) in [4.78, 5) is 15.2. The summed E-state index contributed by atoms with van der Waals surface area (Å²) in [6.07, 6.45) is 3.76. The normalized spacial score (nSPS) is 10.6. The number of halogens is 2. The first kappa shape index (κ1) is 20.2. The number of esters is 1. The van der Waals surface area contributed by atoms with Crippen molar-refractivity contribution >= 4 is 30.8 Å². The number of nitrogens with zero attached hydrogens (tertiary/aromatic N) is 1. The monoisotopic (exact) mass is 344 g/mol. The van der Waals surface area contributed by atoms with E-state index in [9.17, 15) is 4.79 Å². The molecule has 2 aromatic rings. The van der Waals surface area contributed by atoms with Crippen molar-refractivity contribution in [1.29, 1.82) is 0 Å². The number of pyridine rings is 1. The minimum absolute atomic E-state index is 0. The van der Waals surface area contributed by atoms with Crippen LogP contribution in [0.3, 0.4) is 0 Å². The Hall–Kier alpha value is -1.82. The van der Waals surface area contributed by atoms with Crippen molar-refractivity contribution in [2.24, 2.45) is 5.73 Å². The maximum Gasteiger partial charge on any atom is 0.322 e. The Labute approximate surface area is 141 Å². The average Bonchev–Trinajstić information content (AvgIpc) is 2.49. The predicted molar refractivity (Wildman–Crippen MR) is 88.9 cm³/mol. The molecule has 0 saturated carbocycles. The lowest BCUT2D eigenvalue weighted by molar-refractivity contribution is -0.142. The summed E-state index contributed by atoms with van der Waals surface area (Å²) in [5, 5.41) is 0. The average molecular weight is 345 g/mol. The highest BCUT2D eigenvalue weighted by Crippen LogP contribution is 2.20. The smallest absolute Gasteiger partial charge is 0.322 e. The van der Waals surface area contributed by atoms with Crippen molar-refractivity contribution in [3.63, 3.8) is 0 Å². The van der Waals surface area contributed by atoms with Crippen molar-refractivity contribution in [3.8, 4) is 11.5 Å². The zero-order valence-electron chi connectivity index (χ0n) is 12.0. The minimum atomic E-state index is -0.648. The molecule has 5 nitrogen and oxygen atoms in total. The van der Waals surface area contributed by atoms with Crippen LogP contribution < -0.4 is 10.5 Å². The first-order valence-corrected chi connectivity index (χ1v) is 6.19. The molecule has 7 heteroatoms. The van der Waals surface area contributed by atoms with Gasteiger partial charge in [0.25, 0.3) is 0 Å². The molecule has 0 unspecified atom stereocenters. The van der Waals surface area contributed by atoms with Crippen molar-refractivity contribution in [2.75, 3.05) is 7.11 Å². The number of ether oxygens (including phenoxy) is 2. The van der Waals surface area contributed by atoms with E-state index in [1.165, 1.54) is 7.11 Å². The summed E-state index contributed by atoms with van der Waals surface area (Å²) in [6, 6.07) is 10.4. The number of carbonyl (C=O) groups is 1. The molecule has 0 spiro atoms. The second-order valence-corrected chi connectivity index (χ2v) is 4.27. The molecule has 1 heterocycles. The second kappa shape index (κ2) is 10.00. The van der Waals surface area contributed by atoms with Crippen LogP contribution in [0.4, 0.5) is 0 Å². The van der Waals surface area contributed by atoms with Gasteiger partial charge in [-0.15, -0.1) is 24.8 Å². The molecule has 0 amide bonds. The van der Waals surface area contributed by atoms with E-state index in [-0.39, 0.29) is 24.8 Å². The molecule has 120 valence electrons. The van der Waals surface area contributed by atoms with E-state index in [2.05, 4.69) is 9.72 Å². The highest BCUT2D eigenvalue weighted by molar-refractivity contribution is 5.85. The van der Waals surface area contributed by atoms with Gasteiger partial charge in [-0.2, -0.15) is 0 Å². The highest BCUT2D eigenvalue weighted by atomic mass is 35.5. The Kier molecular flexibility index (Phi) is 9.17. The van der Waals surface area contributed by atoms with Crippen LogP contribution in [0.5, 0.6) is 11.5 Å². The first-order chi connectivity index (χ1) is 9.69. The van der Waals surface area contributed by atoms with Gasteiger partial charge < -0.3 is 15.2 Å². The third-order valence-corrected chi connectivity index (χ3v) is 2.75. The Morgan fingerprint density at radius 2 is 1.86 bits per heavy atom. The quantitative estimate of drug-likeness (QED) is 0.844. The van der Waals surface area contributed by atoms with Gasteiger partial charge in [0.1, 0.15) is 17.5 Å². The third-order valence-electron chi connectivity index (χ3n) is 2.75. The number of rotatable bonds is 5. The summed E-state index contributed by atoms with van der Waals surface area (Å²) in [7, 11) is 1.33. The molecule has 0 aliphatic rings. The van der Waals surface area contributed by atoms with Crippen LogP contribution in [-0.4, -0.2) is 24.1 Å². The van der Waals surface area contributed by atoms with Gasteiger partial charge in [0.15, 0.2) is 0 Å². The Bertz CT molecular complexity index is 565. The topological polar surface area (TPSA) is 74.4 Å². The predicted octanol–water partition coefficient (Wildman–Crippen LogP) is 2.76. The van der Waals surface area contributed by atoms with Crippen LogP contribution in [0.2, 0.25) is 0 Å². The molecule has 0 bridgehead atoms. The first-order valence-electron chi connectivity index (χ1n) is 6.19. The largest absolute Gasteiger partial charge is 0.468 e. The van der Waals surface area contributed by atoms with Crippen LogP contribution in [0.25, 0.3) is 0 Å². The van der Waals surface area contributed by atoms with Gasteiger partial charge in [0.2, 0.25) is 0 Å². The number of hydrogen-bond donors (Lipinski definition) is 1. The van der Waals surface area contributed by atoms with Crippen molar-refractivity contribution in [2.45, 2.75) is 12.5 Å². The SMILES string of the molecule is COC(=O)[C@@H](N)Cc1ccc(Oc2cccnc2)cc1.Cl.Cl. The summed E-state index contributed by atoms with van der Waals surface area (Å²) >= 11 is 0. The molecule has 2 N–H and O–H groups in total. The molecule has 0 aliphatic carbocycles. The Morgan fingerprint density at radius 3 is 2.41 bits per heavy atom. The van der Waals surface area contributed by atoms with Gasteiger partial charge in [-0.3, -0.25) is 9.78 Å². The third kappa shape index (κ3) is 5.89. The number of benzene rings is 1. The van der Waals surface area contributed by atoms with E-state index in [0.29, 0.717) is 17.9 Å². The fraction of sp³-hybridized carbons (Fsp3) is 0.200.